The summed E-state index contributed by atoms with van der Waals surface area (Å²) in [5.41, 5.74) is 3.74. The Morgan fingerprint density at radius 3 is 2.57 bits per heavy atom. The molecule has 0 aliphatic heterocycles. The zero-order valence-corrected chi connectivity index (χ0v) is 16.2. The van der Waals surface area contributed by atoms with E-state index in [-0.39, 0.29) is 24.4 Å². The van der Waals surface area contributed by atoms with Gasteiger partial charge in [0.15, 0.2) is 0 Å². The zero-order valence-electron chi connectivity index (χ0n) is 13.8. The van der Waals surface area contributed by atoms with Crippen LogP contribution in [0.4, 0.5) is 0 Å². The third-order valence-electron chi connectivity index (χ3n) is 3.83. The largest absolute Gasteiger partial charge is 0.350 e. The Kier molecular flexibility index (Phi) is 7.32. The molecule has 23 heavy (non-hydrogen) atoms. The molecule has 1 atom stereocenters. The molecule has 0 bridgehead atoms. The number of carbonyl (C=O) groups excluding carboxylic acids is 1. The van der Waals surface area contributed by atoms with E-state index in [1.54, 1.807) is 0 Å². The molecule has 0 radical (unpaired) electrons. The van der Waals surface area contributed by atoms with Crippen LogP contribution in [-0.2, 0) is 0 Å². The van der Waals surface area contributed by atoms with Gasteiger partial charge in [-0.05, 0) is 61.9 Å². The number of benzene rings is 1. The molecule has 1 aromatic heterocycles. The summed E-state index contributed by atoms with van der Waals surface area (Å²) in [7, 11) is 1.88. The van der Waals surface area contributed by atoms with Crippen LogP contribution in [0.15, 0.2) is 34.8 Å². The monoisotopic (exact) mass is 399 g/mol. The third kappa shape index (κ3) is 4.37. The van der Waals surface area contributed by atoms with Crippen molar-refractivity contribution in [3.05, 3.63) is 51.8 Å². The van der Waals surface area contributed by atoms with Crippen molar-refractivity contribution in [2.24, 2.45) is 0 Å². The molecule has 0 saturated carbocycles. The molecule has 0 saturated heterocycles. The molecule has 0 spiro atoms. The Balaban J connectivity index is 0.00000264. The molecular formula is C17H23BrClN3O. The maximum Gasteiger partial charge on any atom is 0.253 e. The van der Waals surface area contributed by atoms with E-state index in [0.717, 1.165) is 27.1 Å². The van der Waals surface area contributed by atoms with Crippen LogP contribution in [0, 0.1) is 13.8 Å². The predicted octanol–water partition coefficient (Wildman–Crippen LogP) is 3.62. The summed E-state index contributed by atoms with van der Waals surface area (Å²) in [4.78, 5) is 12.4. The van der Waals surface area contributed by atoms with E-state index in [9.17, 15) is 4.79 Å². The molecule has 6 heteroatoms. The fourth-order valence-corrected chi connectivity index (χ4v) is 2.90. The van der Waals surface area contributed by atoms with Crippen molar-refractivity contribution in [2.75, 3.05) is 13.6 Å². The first-order valence-electron chi connectivity index (χ1n) is 7.35. The van der Waals surface area contributed by atoms with Crippen molar-refractivity contribution in [3.63, 3.8) is 0 Å². The van der Waals surface area contributed by atoms with Gasteiger partial charge in [0.25, 0.3) is 5.91 Å². The fourth-order valence-electron chi connectivity index (χ4n) is 2.44. The number of amides is 1. The molecule has 2 aromatic rings. The van der Waals surface area contributed by atoms with Crippen LogP contribution in [0.25, 0.3) is 5.69 Å². The second-order valence-electron chi connectivity index (χ2n) is 5.47. The van der Waals surface area contributed by atoms with E-state index in [0.29, 0.717) is 6.54 Å². The number of nitrogens with zero attached hydrogens (tertiary/aromatic N) is 1. The highest BCUT2D eigenvalue weighted by molar-refractivity contribution is 9.10. The number of halogens is 2. The molecule has 4 nitrogen and oxygen atoms in total. The maximum absolute atomic E-state index is 12.4. The van der Waals surface area contributed by atoms with Gasteiger partial charge in [0.05, 0.1) is 11.3 Å². The lowest BCUT2D eigenvalue weighted by molar-refractivity contribution is 0.0950. The molecule has 0 aliphatic rings. The van der Waals surface area contributed by atoms with Gasteiger partial charge >= 0.3 is 0 Å². The second kappa shape index (κ2) is 8.52. The highest BCUT2D eigenvalue weighted by Crippen LogP contribution is 2.26. The van der Waals surface area contributed by atoms with E-state index in [1.165, 1.54) is 0 Å². The molecule has 126 valence electrons. The van der Waals surface area contributed by atoms with Crippen molar-refractivity contribution in [3.8, 4) is 5.69 Å². The summed E-state index contributed by atoms with van der Waals surface area (Å²) in [5, 5.41) is 6.08. The number of rotatable bonds is 5. The molecule has 2 rings (SSSR count). The average molecular weight is 401 g/mol. The molecular weight excluding hydrogens is 378 g/mol. The minimum Gasteiger partial charge on any atom is -0.350 e. The van der Waals surface area contributed by atoms with Gasteiger partial charge in [0, 0.05) is 28.4 Å². The number of aromatic nitrogens is 1. The third-order valence-corrected chi connectivity index (χ3v) is 4.50. The Morgan fingerprint density at radius 2 is 1.96 bits per heavy atom. The number of hydrogen-bond donors (Lipinski definition) is 2. The summed E-state index contributed by atoms with van der Waals surface area (Å²) >= 11 is 3.58. The number of aryl methyl sites for hydroxylation is 1. The van der Waals surface area contributed by atoms with Gasteiger partial charge in [-0.3, -0.25) is 4.79 Å². The minimum absolute atomic E-state index is 0. The topological polar surface area (TPSA) is 46.1 Å². The van der Waals surface area contributed by atoms with Crippen LogP contribution < -0.4 is 10.6 Å². The second-order valence-corrected chi connectivity index (χ2v) is 6.33. The van der Waals surface area contributed by atoms with Crippen molar-refractivity contribution in [1.29, 1.82) is 0 Å². The van der Waals surface area contributed by atoms with Crippen molar-refractivity contribution in [1.82, 2.24) is 15.2 Å². The lowest BCUT2D eigenvalue weighted by Gasteiger charge is -2.13. The van der Waals surface area contributed by atoms with Gasteiger partial charge in [0.2, 0.25) is 0 Å². The van der Waals surface area contributed by atoms with Crippen LogP contribution in [0.5, 0.6) is 0 Å². The van der Waals surface area contributed by atoms with Crippen LogP contribution >= 0.6 is 28.3 Å². The standard InChI is InChI=1S/C17H22BrN3O.ClH/c1-11(19-4)10-20-17(22)14-9-12(2)21(13(14)3)16-8-6-5-7-15(16)18;/h5-9,11,19H,10H2,1-4H3,(H,20,22);1H. The maximum atomic E-state index is 12.4. The lowest BCUT2D eigenvalue weighted by Crippen LogP contribution is -2.37. The molecule has 0 fully saturated rings. The Bertz CT molecular complexity index is 684. The Hall–Kier alpha value is -1.30. The van der Waals surface area contributed by atoms with Gasteiger partial charge in [-0.25, -0.2) is 0 Å². The number of carbonyl (C=O) groups is 1. The van der Waals surface area contributed by atoms with Crippen LogP contribution in [-0.4, -0.2) is 30.1 Å². The molecule has 1 aromatic carbocycles. The predicted molar refractivity (Wildman–Crippen MR) is 101 cm³/mol. The normalized spacial score (nSPS) is 11.7. The number of hydrogen-bond acceptors (Lipinski definition) is 2. The Labute approximate surface area is 152 Å². The van der Waals surface area contributed by atoms with Crippen LogP contribution in [0.3, 0.4) is 0 Å². The van der Waals surface area contributed by atoms with E-state index in [2.05, 4.69) is 31.1 Å². The first kappa shape index (κ1) is 19.7. The lowest BCUT2D eigenvalue weighted by atomic mass is 10.2. The van der Waals surface area contributed by atoms with E-state index < -0.39 is 0 Å². The van der Waals surface area contributed by atoms with Gasteiger partial charge in [-0.2, -0.15) is 0 Å². The first-order valence-corrected chi connectivity index (χ1v) is 8.14. The van der Waals surface area contributed by atoms with E-state index >= 15 is 0 Å². The van der Waals surface area contributed by atoms with Crippen molar-refractivity contribution in [2.45, 2.75) is 26.8 Å². The summed E-state index contributed by atoms with van der Waals surface area (Å²) in [6.45, 7) is 6.63. The van der Waals surface area contributed by atoms with Gasteiger partial charge in [-0.15, -0.1) is 12.4 Å². The average Bonchev–Trinajstić information content (AvgIpc) is 2.80. The minimum atomic E-state index is -0.0338. The first-order chi connectivity index (χ1) is 10.5. The summed E-state index contributed by atoms with van der Waals surface area (Å²) in [5.74, 6) is -0.0338. The highest BCUT2D eigenvalue weighted by Gasteiger charge is 2.17. The van der Waals surface area contributed by atoms with E-state index in [1.807, 2.05) is 58.2 Å². The number of para-hydroxylation sites is 1. The quantitative estimate of drug-likeness (QED) is 0.805. The molecule has 1 heterocycles. The zero-order chi connectivity index (χ0) is 16.3. The molecule has 0 aliphatic carbocycles. The molecule has 1 unspecified atom stereocenters. The molecule has 2 N–H and O–H groups in total. The van der Waals surface area contributed by atoms with Gasteiger partial charge < -0.3 is 15.2 Å². The highest BCUT2D eigenvalue weighted by atomic mass is 79.9. The summed E-state index contributed by atoms with van der Waals surface area (Å²) in [6.07, 6.45) is 0. The summed E-state index contributed by atoms with van der Waals surface area (Å²) < 4.78 is 3.10. The number of likely N-dealkylation sites (N-methyl/N-ethyl adjacent to an activating group) is 1. The van der Waals surface area contributed by atoms with Crippen molar-refractivity contribution < 1.29 is 4.79 Å². The van der Waals surface area contributed by atoms with E-state index in [4.69, 9.17) is 0 Å². The van der Waals surface area contributed by atoms with Crippen molar-refractivity contribution >= 4 is 34.2 Å². The van der Waals surface area contributed by atoms with Gasteiger partial charge in [-0.1, -0.05) is 12.1 Å². The van der Waals surface area contributed by atoms with Crippen LogP contribution in [0.2, 0.25) is 0 Å². The fraction of sp³-hybridized carbons (Fsp3) is 0.353. The number of nitrogens with one attached hydrogen (secondary N) is 2. The SMILES string of the molecule is CNC(C)CNC(=O)c1cc(C)n(-c2ccccc2Br)c1C.Cl. The van der Waals surface area contributed by atoms with Gasteiger partial charge in [0.1, 0.15) is 0 Å². The Morgan fingerprint density at radius 1 is 1.30 bits per heavy atom. The molecule has 1 amide bonds. The summed E-state index contributed by atoms with van der Waals surface area (Å²) in [6, 6.07) is 10.2. The smallest absolute Gasteiger partial charge is 0.253 e. The van der Waals surface area contributed by atoms with Crippen LogP contribution in [0.1, 0.15) is 28.7 Å².